The van der Waals surface area contributed by atoms with E-state index in [0.29, 0.717) is 22.7 Å². The molecule has 4 aromatic rings. The molecule has 0 fully saturated rings. The third-order valence-corrected chi connectivity index (χ3v) is 5.17. The van der Waals surface area contributed by atoms with E-state index in [1.54, 1.807) is 42.5 Å². The van der Waals surface area contributed by atoms with Gasteiger partial charge in [-0.15, -0.1) is 0 Å². The van der Waals surface area contributed by atoms with E-state index in [2.05, 4.69) is 26.6 Å². The Kier molecular flexibility index (Phi) is 6.00. The molecule has 154 valence electrons. The Morgan fingerprint density at radius 1 is 0.774 bits per heavy atom. The Labute approximate surface area is 188 Å². The number of amides is 2. The zero-order chi connectivity index (χ0) is 21.8. The van der Waals surface area contributed by atoms with Crippen molar-refractivity contribution in [2.75, 3.05) is 10.6 Å². The van der Waals surface area contributed by atoms with E-state index in [1.165, 1.54) is 0 Å². The minimum absolute atomic E-state index is 0.184. The van der Waals surface area contributed by atoms with Gasteiger partial charge in [0.1, 0.15) is 5.76 Å². The Hall–Kier alpha value is -3.64. The summed E-state index contributed by atoms with van der Waals surface area (Å²) < 4.78 is 6.67. The second kappa shape index (κ2) is 9.02. The summed E-state index contributed by atoms with van der Waals surface area (Å²) >= 11 is 3.40. The number of hydrogen-bond acceptors (Lipinski definition) is 3. The largest absolute Gasteiger partial charge is 0.451 e. The molecule has 3 aromatic carbocycles. The summed E-state index contributed by atoms with van der Waals surface area (Å²) in [4.78, 5) is 24.9. The van der Waals surface area contributed by atoms with Gasteiger partial charge in [0.25, 0.3) is 11.8 Å². The highest BCUT2D eigenvalue weighted by molar-refractivity contribution is 9.10. The predicted octanol–water partition coefficient (Wildman–Crippen LogP) is 6.52. The van der Waals surface area contributed by atoms with Crippen molar-refractivity contribution in [3.8, 4) is 11.3 Å². The number of carbonyl (C=O) groups is 2. The van der Waals surface area contributed by atoms with Crippen LogP contribution in [0, 0.1) is 6.92 Å². The first-order valence-corrected chi connectivity index (χ1v) is 10.4. The maximum atomic E-state index is 12.5. The molecule has 6 heteroatoms. The van der Waals surface area contributed by atoms with Gasteiger partial charge in [0.05, 0.1) is 0 Å². The lowest BCUT2D eigenvalue weighted by molar-refractivity contribution is 0.0995. The van der Waals surface area contributed by atoms with E-state index >= 15 is 0 Å². The summed E-state index contributed by atoms with van der Waals surface area (Å²) in [6.07, 6.45) is 0. The quantitative estimate of drug-likeness (QED) is 0.345. The molecular weight excluding hydrogens is 456 g/mol. The minimum Gasteiger partial charge on any atom is -0.451 e. The van der Waals surface area contributed by atoms with Crippen LogP contribution in [-0.4, -0.2) is 11.8 Å². The van der Waals surface area contributed by atoms with Gasteiger partial charge < -0.3 is 15.1 Å². The van der Waals surface area contributed by atoms with Gasteiger partial charge in [-0.3, -0.25) is 9.59 Å². The first-order chi connectivity index (χ1) is 15.0. The molecule has 0 bridgehead atoms. The first-order valence-electron chi connectivity index (χ1n) is 9.63. The van der Waals surface area contributed by atoms with E-state index in [-0.39, 0.29) is 17.6 Å². The highest BCUT2D eigenvalue weighted by Crippen LogP contribution is 2.24. The van der Waals surface area contributed by atoms with Gasteiger partial charge in [-0.05, 0) is 67.6 Å². The normalized spacial score (nSPS) is 10.5. The number of carbonyl (C=O) groups excluding carboxylic acids is 2. The monoisotopic (exact) mass is 474 g/mol. The van der Waals surface area contributed by atoms with Crippen LogP contribution in [0.4, 0.5) is 11.4 Å². The Morgan fingerprint density at radius 2 is 1.42 bits per heavy atom. The summed E-state index contributed by atoms with van der Waals surface area (Å²) in [5.41, 5.74) is 3.74. The molecule has 0 aliphatic carbocycles. The van der Waals surface area contributed by atoms with Crippen molar-refractivity contribution in [2.45, 2.75) is 6.92 Å². The third kappa shape index (κ3) is 5.10. The number of aryl methyl sites for hydroxylation is 1. The Morgan fingerprint density at radius 3 is 2.06 bits per heavy atom. The third-order valence-electron chi connectivity index (χ3n) is 4.64. The number of benzene rings is 3. The molecular formula is C25H19BrN2O3. The fourth-order valence-corrected chi connectivity index (χ4v) is 3.31. The van der Waals surface area contributed by atoms with Gasteiger partial charge >= 0.3 is 0 Å². The standard InChI is InChI=1S/C25H19BrN2O3/c1-16-3-2-4-18(15-16)24(29)27-20-9-11-21(12-10-20)28-25(30)23-14-13-22(31-23)17-5-7-19(26)8-6-17/h2-15H,1H3,(H,27,29)(H,28,30). The second-order valence-electron chi connectivity index (χ2n) is 7.03. The SMILES string of the molecule is Cc1cccc(C(=O)Nc2ccc(NC(=O)c3ccc(-c4ccc(Br)cc4)o3)cc2)c1. The number of hydrogen-bond donors (Lipinski definition) is 2. The highest BCUT2D eigenvalue weighted by atomic mass is 79.9. The zero-order valence-electron chi connectivity index (χ0n) is 16.7. The zero-order valence-corrected chi connectivity index (χ0v) is 18.3. The molecule has 0 saturated carbocycles. The summed E-state index contributed by atoms with van der Waals surface area (Å²) in [5.74, 6) is 0.304. The number of anilines is 2. The molecule has 0 spiro atoms. The number of nitrogens with one attached hydrogen (secondary N) is 2. The maximum Gasteiger partial charge on any atom is 0.291 e. The molecule has 0 aliphatic rings. The number of rotatable bonds is 5. The van der Waals surface area contributed by atoms with Gasteiger partial charge in [-0.25, -0.2) is 0 Å². The van der Waals surface area contributed by atoms with Gasteiger partial charge in [-0.2, -0.15) is 0 Å². The molecule has 0 aliphatic heterocycles. The molecule has 0 radical (unpaired) electrons. The van der Waals surface area contributed by atoms with Crippen LogP contribution in [0.25, 0.3) is 11.3 Å². The first kappa shape index (κ1) is 20.6. The van der Waals surface area contributed by atoms with E-state index in [1.807, 2.05) is 49.4 Å². The van der Waals surface area contributed by atoms with Crippen LogP contribution in [0.15, 0.2) is 93.8 Å². The fraction of sp³-hybridized carbons (Fsp3) is 0.0400. The second-order valence-corrected chi connectivity index (χ2v) is 7.94. The lowest BCUT2D eigenvalue weighted by Crippen LogP contribution is -2.13. The van der Waals surface area contributed by atoms with E-state index in [9.17, 15) is 9.59 Å². The molecule has 1 heterocycles. The van der Waals surface area contributed by atoms with E-state index < -0.39 is 0 Å². The van der Waals surface area contributed by atoms with Crippen LogP contribution in [0.5, 0.6) is 0 Å². The average Bonchev–Trinajstić information content (AvgIpc) is 3.26. The van der Waals surface area contributed by atoms with Crippen molar-refractivity contribution in [3.63, 3.8) is 0 Å². The molecule has 0 saturated heterocycles. The Bertz CT molecular complexity index is 1230. The molecule has 0 atom stereocenters. The lowest BCUT2D eigenvalue weighted by Gasteiger charge is -2.08. The molecule has 0 unspecified atom stereocenters. The van der Waals surface area contributed by atoms with E-state index in [0.717, 1.165) is 15.6 Å². The van der Waals surface area contributed by atoms with Crippen LogP contribution in [0.1, 0.15) is 26.5 Å². The predicted molar refractivity (Wildman–Crippen MR) is 125 cm³/mol. The van der Waals surface area contributed by atoms with Crippen LogP contribution in [-0.2, 0) is 0 Å². The average molecular weight is 475 g/mol. The molecule has 2 N–H and O–H groups in total. The van der Waals surface area contributed by atoms with Gasteiger partial charge in [0.15, 0.2) is 5.76 Å². The maximum absolute atomic E-state index is 12.5. The topological polar surface area (TPSA) is 71.3 Å². The van der Waals surface area contributed by atoms with Gasteiger partial charge in [0.2, 0.25) is 0 Å². The number of halogens is 1. The summed E-state index contributed by atoms with van der Waals surface area (Å²) in [6, 6.07) is 25.4. The van der Waals surface area contributed by atoms with Gasteiger partial charge in [0, 0.05) is 27.0 Å². The van der Waals surface area contributed by atoms with Crippen LogP contribution >= 0.6 is 15.9 Å². The molecule has 4 rings (SSSR count). The van der Waals surface area contributed by atoms with Crippen LogP contribution < -0.4 is 10.6 Å². The van der Waals surface area contributed by atoms with Gasteiger partial charge in [-0.1, -0.05) is 45.8 Å². The summed E-state index contributed by atoms with van der Waals surface area (Å²) in [7, 11) is 0. The molecule has 2 amide bonds. The molecule has 5 nitrogen and oxygen atoms in total. The number of furan rings is 1. The van der Waals surface area contributed by atoms with Crippen molar-refractivity contribution >= 4 is 39.1 Å². The van der Waals surface area contributed by atoms with Crippen molar-refractivity contribution in [3.05, 3.63) is 106 Å². The molecule has 31 heavy (non-hydrogen) atoms. The van der Waals surface area contributed by atoms with Crippen molar-refractivity contribution in [2.24, 2.45) is 0 Å². The highest BCUT2D eigenvalue weighted by Gasteiger charge is 2.13. The minimum atomic E-state index is -0.347. The summed E-state index contributed by atoms with van der Waals surface area (Å²) in [5, 5.41) is 5.65. The van der Waals surface area contributed by atoms with Crippen molar-refractivity contribution in [1.82, 2.24) is 0 Å². The summed E-state index contributed by atoms with van der Waals surface area (Å²) in [6.45, 7) is 1.94. The smallest absolute Gasteiger partial charge is 0.291 e. The van der Waals surface area contributed by atoms with Crippen molar-refractivity contribution < 1.29 is 14.0 Å². The van der Waals surface area contributed by atoms with E-state index in [4.69, 9.17) is 4.42 Å². The van der Waals surface area contributed by atoms with Crippen LogP contribution in [0.2, 0.25) is 0 Å². The van der Waals surface area contributed by atoms with Crippen LogP contribution in [0.3, 0.4) is 0 Å². The van der Waals surface area contributed by atoms with Crippen molar-refractivity contribution in [1.29, 1.82) is 0 Å². The lowest BCUT2D eigenvalue weighted by atomic mass is 10.1. The fourth-order valence-electron chi connectivity index (χ4n) is 3.05. The molecule has 1 aromatic heterocycles. The Balaban J connectivity index is 1.39.